The summed E-state index contributed by atoms with van der Waals surface area (Å²) in [7, 11) is 0. The quantitative estimate of drug-likeness (QED) is 0.794. The Bertz CT molecular complexity index is 353. The number of piperidine rings is 1. The maximum Gasteiger partial charge on any atom is 0.227 e. The normalized spacial score (nSPS) is 20.8. The number of hydrogen-bond donors (Lipinski definition) is 1. The van der Waals surface area contributed by atoms with Crippen molar-refractivity contribution >= 4 is 5.91 Å². The third-order valence-corrected chi connectivity index (χ3v) is 2.83. The van der Waals surface area contributed by atoms with Crippen LogP contribution in [-0.4, -0.2) is 40.1 Å². The van der Waals surface area contributed by atoms with Gasteiger partial charge in [-0.3, -0.25) is 9.78 Å². The lowest BCUT2D eigenvalue weighted by atomic mass is 10.1. The van der Waals surface area contributed by atoms with Crippen LogP contribution in [-0.2, 0) is 11.2 Å². The van der Waals surface area contributed by atoms with Crippen molar-refractivity contribution in [3.63, 3.8) is 0 Å². The summed E-state index contributed by atoms with van der Waals surface area (Å²) in [5.41, 5.74) is 0.924. The second kappa shape index (κ2) is 5.07. The molecular formula is C12H16N2O2. The summed E-state index contributed by atoms with van der Waals surface area (Å²) in [6.45, 7) is 1.23. The lowest BCUT2D eigenvalue weighted by molar-refractivity contribution is -0.133. The first-order valence-corrected chi connectivity index (χ1v) is 5.60. The first-order chi connectivity index (χ1) is 7.75. The van der Waals surface area contributed by atoms with Gasteiger partial charge in [0.25, 0.3) is 0 Å². The van der Waals surface area contributed by atoms with Gasteiger partial charge in [0, 0.05) is 25.5 Å². The zero-order chi connectivity index (χ0) is 11.4. The highest BCUT2D eigenvalue weighted by atomic mass is 16.3. The van der Waals surface area contributed by atoms with Gasteiger partial charge in [0.2, 0.25) is 5.91 Å². The number of carbonyl (C=O) groups excluding carboxylic acids is 1. The fourth-order valence-corrected chi connectivity index (χ4v) is 1.97. The van der Waals surface area contributed by atoms with E-state index in [9.17, 15) is 9.90 Å². The van der Waals surface area contributed by atoms with Gasteiger partial charge >= 0.3 is 0 Å². The molecule has 1 aromatic rings. The van der Waals surface area contributed by atoms with Crippen LogP contribution in [0.15, 0.2) is 24.5 Å². The second-order valence-corrected chi connectivity index (χ2v) is 4.17. The molecule has 1 fully saturated rings. The third kappa shape index (κ3) is 2.79. The molecule has 2 heterocycles. The number of nitrogens with zero attached hydrogens (tertiary/aromatic N) is 2. The topological polar surface area (TPSA) is 53.4 Å². The van der Waals surface area contributed by atoms with E-state index in [2.05, 4.69) is 4.98 Å². The predicted molar refractivity (Wildman–Crippen MR) is 59.8 cm³/mol. The molecule has 1 amide bonds. The monoisotopic (exact) mass is 220 g/mol. The highest BCUT2D eigenvalue weighted by Crippen LogP contribution is 2.11. The maximum absolute atomic E-state index is 11.9. The van der Waals surface area contributed by atoms with Gasteiger partial charge in [-0.1, -0.05) is 6.07 Å². The van der Waals surface area contributed by atoms with E-state index in [1.54, 1.807) is 17.3 Å². The van der Waals surface area contributed by atoms with E-state index in [0.717, 1.165) is 24.9 Å². The fourth-order valence-electron chi connectivity index (χ4n) is 1.97. The lowest BCUT2D eigenvalue weighted by Gasteiger charge is -2.30. The highest BCUT2D eigenvalue weighted by molar-refractivity contribution is 5.78. The molecule has 0 aliphatic carbocycles. The van der Waals surface area contributed by atoms with E-state index >= 15 is 0 Å². The summed E-state index contributed by atoms with van der Waals surface area (Å²) in [5, 5.41) is 9.49. The Balaban J connectivity index is 1.93. The number of likely N-dealkylation sites (tertiary alicyclic amines) is 1. The molecule has 86 valence electrons. The number of hydrogen-bond acceptors (Lipinski definition) is 3. The minimum absolute atomic E-state index is 0.0757. The van der Waals surface area contributed by atoms with E-state index in [4.69, 9.17) is 0 Å². The molecule has 1 atom stereocenters. The second-order valence-electron chi connectivity index (χ2n) is 4.17. The zero-order valence-electron chi connectivity index (χ0n) is 9.17. The number of aromatic nitrogens is 1. The average Bonchev–Trinajstić information content (AvgIpc) is 2.30. The Hall–Kier alpha value is -1.42. The van der Waals surface area contributed by atoms with Crippen molar-refractivity contribution in [1.82, 2.24) is 9.88 Å². The Labute approximate surface area is 94.9 Å². The minimum Gasteiger partial charge on any atom is -0.391 e. The smallest absolute Gasteiger partial charge is 0.227 e. The zero-order valence-corrected chi connectivity index (χ0v) is 9.17. The molecule has 1 N–H and O–H groups in total. The molecule has 1 unspecified atom stereocenters. The molecule has 0 saturated carbocycles. The molecule has 16 heavy (non-hydrogen) atoms. The third-order valence-electron chi connectivity index (χ3n) is 2.83. The summed E-state index contributed by atoms with van der Waals surface area (Å²) in [4.78, 5) is 17.6. The number of amides is 1. The van der Waals surface area contributed by atoms with Gasteiger partial charge in [0.1, 0.15) is 0 Å². The first kappa shape index (κ1) is 11.1. The summed E-state index contributed by atoms with van der Waals surface area (Å²) >= 11 is 0. The molecule has 4 heteroatoms. The predicted octanol–water partition coefficient (Wildman–Crippen LogP) is 0.607. The van der Waals surface area contributed by atoms with Crippen molar-refractivity contribution in [3.05, 3.63) is 30.1 Å². The van der Waals surface area contributed by atoms with Gasteiger partial charge in [-0.2, -0.15) is 0 Å². The molecule has 1 saturated heterocycles. The van der Waals surface area contributed by atoms with Crippen LogP contribution < -0.4 is 0 Å². The van der Waals surface area contributed by atoms with Crippen LogP contribution in [0, 0.1) is 0 Å². The van der Waals surface area contributed by atoms with E-state index in [1.807, 2.05) is 12.1 Å². The molecule has 0 radical (unpaired) electrons. The Morgan fingerprint density at radius 2 is 2.50 bits per heavy atom. The van der Waals surface area contributed by atoms with Gasteiger partial charge in [-0.15, -0.1) is 0 Å². The van der Waals surface area contributed by atoms with E-state index in [1.165, 1.54) is 0 Å². The van der Waals surface area contributed by atoms with Gasteiger partial charge in [0.05, 0.1) is 12.5 Å². The SMILES string of the molecule is O=C(Cc1cccnc1)N1CCCC(O)C1. The van der Waals surface area contributed by atoms with E-state index in [0.29, 0.717) is 13.0 Å². The van der Waals surface area contributed by atoms with Crippen LogP contribution in [0.2, 0.25) is 0 Å². The number of aliphatic hydroxyl groups excluding tert-OH is 1. The summed E-state index contributed by atoms with van der Waals surface area (Å²) in [6.07, 6.45) is 5.11. The van der Waals surface area contributed by atoms with Crippen molar-refractivity contribution in [2.24, 2.45) is 0 Å². The maximum atomic E-state index is 11.9. The van der Waals surface area contributed by atoms with Gasteiger partial charge in [0.15, 0.2) is 0 Å². The van der Waals surface area contributed by atoms with E-state index in [-0.39, 0.29) is 12.0 Å². The van der Waals surface area contributed by atoms with Crippen molar-refractivity contribution in [3.8, 4) is 0 Å². The van der Waals surface area contributed by atoms with Crippen LogP contribution in [0.1, 0.15) is 18.4 Å². The van der Waals surface area contributed by atoms with Crippen molar-refractivity contribution in [2.75, 3.05) is 13.1 Å². The van der Waals surface area contributed by atoms with Crippen molar-refractivity contribution < 1.29 is 9.90 Å². The van der Waals surface area contributed by atoms with Crippen molar-refractivity contribution in [2.45, 2.75) is 25.4 Å². The molecule has 1 aromatic heterocycles. The molecule has 0 spiro atoms. The first-order valence-electron chi connectivity index (χ1n) is 5.60. The molecular weight excluding hydrogens is 204 g/mol. The summed E-state index contributed by atoms with van der Waals surface area (Å²) in [5.74, 6) is 0.0757. The molecule has 0 aromatic carbocycles. The Morgan fingerprint density at radius 1 is 1.62 bits per heavy atom. The van der Waals surface area contributed by atoms with Crippen LogP contribution in [0.5, 0.6) is 0 Å². The molecule has 2 rings (SSSR count). The highest BCUT2D eigenvalue weighted by Gasteiger charge is 2.21. The van der Waals surface area contributed by atoms with Gasteiger partial charge in [-0.25, -0.2) is 0 Å². The largest absolute Gasteiger partial charge is 0.391 e. The van der Waals surface area contributed by atoms with Crippen LogP contribution in [0.4, 0.5) is 0 Å². The summed E-state index contributed by atoms with van der Waals surface area (Å²) in [6, 6.07) is 3.72. The molecule has 0 bridgehead atoms. The molecule has 1 aliphatic rings. The number of rotatable bonds is 2. The van der Waals surface area contributed by atoms with Gasteiger partial charge < -0.3 is 10.0 Å². The van der Waals surface area contributed by atoms with Crippen LogP contribution in [0.25, 0.3) is 0 Å². The van der Waals surface area contributed by atoms with Crippen LogP contribution >= 0.6 is 0 Å². The van der Waals surface area contributed by atoms with E-state index < -0.39 is 0 Å². The molecule has 4 nitrogen and oxygen atoms in total. The Morgan fingerprint density at radius 3 is 3.19 bits per heavy atom. The number of pyridine rings is 1. The number of carbonyl (C=O) groups is 1. The standard InChI is InChI=1S/C12H16N2O2/c15-11-4-2-6-14(9-11)12(16)7-10-3-1-5-13-8-10/h1,3,5,8,11,15H,2,4,6-7,9H2. The number of aliphatic hydroxyl groups is 1. The van der Waals surface area contributed by atoms with Gasteiger partial charge in [-0.05, 0) is 24.5 Å². The average molecular weight is 220 g/mol. The fraction of sp³-hybridized carbons (Fsp3) is 0.500. The van der Waals surface area contributed by atoms with Crippen molar-refractivity contribution in [1.29, 1.82) is 0 Å². The minimum atomic E-state index is -0.355. The summed E-state index contributed by atoms with van der Waals surface area (Å²) < 4.78 is 0. The number of β-amino-alcohol motifs (C(OH)–C–C–N with tert-alkyl or cyclic N) is 1. The lowest BCUT2D eigenvalue weighted by Crippen LogP contribution is -2.42. The van der Waals surface area contributed by atoms with Crippen LogP contribution in [0.3, 0.4) is 0 Å². The molecule has 1 aliphatic heterocycles. The Kier molecular flexibility index (Phi) is 3.51.